The Morgan fingerprint density at radius 1 is 1.50 bits per heavy atom. The van der Waals surface area contributed by atoms with E-state index >= 15 is 0 Å². The van der Waals surface area contributed by atoms with E-state index < -0.39 is 0 Å². The molecule has 1 saturated heterocycles. The second-order valence-electron chi connectivity index (χ2n) is 1.38. The molecule has 8 heavy (non-hydrogen) atoms. The summed E-state index contributed by atoms with van der Waals surface area (Å²) in [6.45, 7) is 0. The van der Waals surface area contributed by atoms with Crippen LogP contribution in [-0.4, -0.2) is 21.3 Å². The molecule has 0 amide bonds. The van der Waals surface area contributed by atoms with Crippen LogP contribution in [0.3, 0.4) is 0 Å². The van der Waals surface area contributed by atoms with Gasteiger partial charge in [-0.1, -0.05) is 0 Å². The predicted octanol–water partition coefficient (Wildman–Crippen LogP) is 1.56. The first-order valence-electron chi connectivity index (χ1n) is 2.23. The van der Waals surface area contributed by atoms with Gasteiger partial charge in [0, 0.05) is 11.5 Å². The smallest absolute Gasteiger partial charge is 0.244 e. The second kappa shape index (κ2) is 2.99. The second-order valence-corrected chi connectivity index (χ2v) is 4.47. The number of carbonyl (C=O) groups is 1. The molecule has 1 aliphatic rings. The molecule has 1 aliphatic heterocycles. The minimum atomic E-state index is -0.211. The highest BCUT2D eigenvalue weighted by atomic mass is 35.5. The monoisotopic (exact) mass is 168 g/mol. The molecule has 0 atom stereocenters. The Morgan fingerprint density at radius 3 is 2.25 bits per heavy atom. The molecule has 0 aromatic rings. The summed E-state index contributed by atoms with van der Waals surface area (Å²) in [6.07, 6.45) is 0. The fraction of sp³-hybridized carbons (Fsp3) is 0.750. The van der Waals surface area contributed by atoms with Gasteiger partial charge in [-0.05, 0) is 11.6 Å². The van der Waals surface area contributed by atoms with Crippen molar-refractivity contribution >= 4 is 40.4 Å². The van der Waals surface area contributed by atoms with Gasteiger partial charge in [-0.25, -0.2) is 0 Å². The van der Waals surface area contributed by atoms with Crippen LogP contribution >= 0.6 is 35.1 Å². The number of carbonyl (C=O) groups excluding carboxylic acids is 1. The van der Waals surface area contributed by atoms with Crippen molar-refractivity contribution < 1.29 is 4.79 Å². The molecule has 0 radical (unpaired) electrons. The van der Waals surface area contributed by atoms with E-state index in [9.17, 15) is 4.79 Å². The van der Waals surface area contributed by atoms with Crippen molar-refractivity contribution in [2.24, 2.45) is 0 Å². The topological polar surface area (TPSA) is 17.1 Å². The van der Waals surface area contributed by atoms with E-state index in [0.717, 1.165) is 11.5 Å². The van der Waals surface area contributed by atoms with Gasteiger partial charge in [-0.15, -0.1) is 23.5 Å². The van der Waals surface area contributed by atoms with E-state index in [1.807, 2.05) is 0 Å². The van der Waals surface area contributed by atoms with Gasteiger partial charge in [0.05, 0.1) is 0 Å². The Bertz CT molecular complexity index is 100. The number of hydrogen-bond donors (Lipinski definition) is 0. The molecule has 1 fully saturated rings. The van der Waals surface area contributed by atoms with Crippen LogP contribution in [0.15, 0.2) is 0 Å². The summed E-state index contributed by atoms with van der Waals surface area (Å²) in [5.74, 6) is 2.13. The average molecular weight is 169 g/mol. The summed E-state index contributed by atoms with van der Waals surface area (Å²) in [7, 11) is 0. The van der Waals surface area contributed by atoms with E-state index in [-0.39, 0.29) is 9.82 Å². The lowest BCUT2D eigenvalue weighted by Gasteiger charge is -1.95. The molecule has 1 heterocycles. The first kappa shape index (κ1) is 6.78. The van der Waals surface area contributed by atoms with E-state index in [1.54, 1.807) is 23.5 Å². The standard InChI is InChI=1S/C4H5ClOS2/c5-3(6)4-7-1-2-8-4/h4H,1-2H2. The van der Waals surface area contributed by atoms with Gasteiger partial charge in [0.15, 0.2) is 0 Å². The van der Waals surface area contributed by atoms with Crippen LogP contribution in [-0.2, 0) is 4.79 Å². The highest BCUT2D eigenvalue weighted by Crippen LogP contribution is 2.32. The summed E-state index contributed by atoms with van der Waals surface area (Å²) < 4.78 is 0.0247. The maximum absolute atomic E-state index is 10.4. The zero-order chi connectivity index (χ0) is 5.98. The maximum atomic E-state index is 10.4. The average Bonchev–Trinajstić information content (AvgIpc) is 2.12. The Labute approximate surface area is 61.5 Å². The van der Waals surface area contributed by atoms with Crippen molar-refractivity contribution in [3.8, 4) is 0 Å². The molecular weight excluding hydrogens is 164 g/mol. The Balaban J connectivity index is 2.35. The van der Waals surface area contributed by atoms with Crippen LogP contribution in [0.5, 0.6) is 0 Å². The molecule has 0 aliphatic carbocycles. The SMILES string of the molecule is O=C(Cl)C1SCCS1. The summed E-state index contributed by atoms with van der Waals surface area (Å²) >= 11 is 8.47. The zero-order valence-electron chi connectivity index (χ0n) is 4.09. The third kappa shape index (κ3) is 1.57. The summed E-state index contributed by atoms with van der Waals surface area (Å²) in [4.78, 5) is 10.4. The van der Waals surface area contributed by atoms with E-state index in [4.69, 9.17) is 11.6 Å². The van der Waals surface area contributed by atoms with Gasteiger partial charge in [-0.2, -0.15) is 0 Å². The minimum absolute atomic E-state index is 0.0247. The Hall–Kier alpha value is 0.660. The molecule has 0 aromatic heterocycles. The van der Waals surface area contributed by atoms with Crippen LogP contribution in [0.25, 0.3) is 0 Å². The molecule has 0 unspecified atom stereocenters. The van der Waals surface area contributed by atoms with Crippen molar-refractivity contribution in [3.63, 3.8) is 0 Å². The van der Waals surface area contributed by atoms with Crippen molar-refractivity contribution in [1.82, 2.24) is 0 Å². The number of hydrogen-bond acceptors (Lipinski definition) is 3. The molecule has 0 saturated carbocycles. The van der Waals surface area contributed by atoms with E-state index in [2.05, 4.69) is 0 Å². The lowest BCUT2D eigenvalue weighted by molar-refractivity contribution is -0.109. The van der Waals surface area contributed by atoms with E-state index in [0.29, 0.717) is 0 Å². The third-order valence-corrected chi connectivity index (χ3v) is 4.27. The summed E-state index contributed by atoms with van der Waals surface area (Å²) in [5, 5.41) is -0.211. The highest BCUT2D eigenvalue weighted by molar-refractivity contribution is 8.21. The predicted molar refractivity (Wildman–Crippen MR) is 39.6 cm³/mol. The number of halogens is 1. The van der Waals surface area contributed by atoms with Gasteiger partial charge in [0.25, 0.3) is 0 Å². The normalized spacial score (nSPS) is 21.6. The fourth-order valence-corrected chi connectivity index (χ4v) is 3.29. The number of thioether (sulfide) groups is 2. The van der Waals surface area contributed by atoms with Gasteiger partial charge >= 0.3 is 0 Å². The summed E-state index contributed by atoms with van der Waals surface area (Å²) in [6, 6.07) is 0. The van der Waals surface area contributed by atoms with Crippen LogP contribution in [0, 0.1) is 0 Å². The lowest BCUT2D eigenvalue weighted by atomic mass is 10.9. The fourth-order valence-electron chi connectivity index (χ4n) is 0.489. The zero-order valence-corrected chi connectivity index (χ0v) is 6.48. The molecule has 0 N–H and O–H groups in total. The van der Waals surface area contributed by atoms with Crippen molar-refractivity contribution in [2.45, 2.75) is 4.58 Å². The van der Waals surface area contributed by atoms with Gasteiger partial charge in [-0.3, -0.25) is 4.79 Å². The molecule has 0 aromatic carbocycles. The van der Waals surface area contributed by atoms with E-state index in [1.165, 1.54) is 0 Å². The molecule has 46 valence electrons. The van der Waals surface area contributed by atoms with Crippen LogP contribution in [0.1, 0.15) is 0 Å². The Kier molecular flexibility index (Phi) is 2.53. The molecule has 4 heteroatoms. The minimum Gasteiger partial charge on any atom is -0.279 e. The highest BCUT2D eigenvalue weighted by Gasteiger charge is 2.21. The maximum Gasteiger partial charge on any atom is 0.244 e. The largest absolute Gasteiger partial charge is 0.279 e. The van der Waals surface area contributed by atoms with Gasteiger partial charge < -0.3 is 0 Å². The first-order valence-corrected chi connectivity index (χ1v) is 4.71. The molecular formula is C4H5ClOS2. The van der Waals surface area contributed by atoms with Gasteiger partial charge in [0.1, 0.15) is 4.58 Å². The molecule has 1 rings (SSSR count). The van der Waals surface area contributed by atoms with Crippen molar-refractivity contribution in [3.05, 3.63) is 0 Å². The molecule has 0 spiro atoms. The number of rotatable bonds is 1. The Morgan fingerprint density at radius 2 is 2.00 bits per heavy atom. The quantitative estimate of drug-likeness (QED) is 0.554. The van der Waals surface area contributed by atoms with Crippen molar-refractivity contribution in [1.29, 1.82) is 0 Å². The molecule has 1 nitrogen and oxygen atoms in total. The van der Waals surface area contributed by atoms with Crippen LogP contribution in [0.4, 0.5) is 0 Å². The van der Waals surface area contributed by atoms with Crippen LogP contribution < -0.4 is 0 Å². The molecule has 0 bridgehead atoms. The third-order valence-electron chi connectivity index (χ3n) is 0.807. The lowest BCUT2D eigenvalue weighted by Crippen LogP contribution is -2.00. The summed E-state index contributed by atoms with van der Waals surface area (Å²) in [5.41, 5.74) is 0. The van der Waals surface area contributed by atoms with Crippen LogP contribution in [0.2, 0.25) is 0 Å². The first-order chi connectivity index (χ1) is 3.80. The van der Waals surface area contributed by atoms with Crippen molar-refractivity contribution in [2.75, 3.05) is 11.5 Å². The van der Waals surface area contributed by atoms with Gasteiger partial charge in [0.2, 0.25) is 5.24 Å².